The average molecular weight is 475 g/mol. The normalized spacial score (nSPS) is 19.4. The van der Waals surface area contributed by atoms with Crippen LogP contribution in [0.15, 0.2) is 57.9 Å². The zero-order chi connectivity index (χ0) is 23.6. The fraction of sp³-hybridized carbons (Fsp3) is 0.318. The van der Waals surface area contributed by atoms with E-state index in [-0.39, 0.29) is 54.1 Å². The Morgan fingerprint density at radius 1 is 1.15 bits per heavy atom. The van der Waals surface area contributed by atoms with Crippen LogP contribution in [-0.4, -0.2) is 54.1 Å². The summed E-state index contributed by atoms with van der Waals surface area (Å²) in [4.78, 5) is 16.6. The van der Waals surface area contributed by atoms with Crippen LogP contribution < -0.4 is 0 Å². The lowest BCUT2D eigenvalue weighted by Gasteiger charge is -2.34. The minimum absolute atomic E-state index is 0.00497. The van der Waals surface area contributed by atoms with E-state index >= 15 is 0 Å². The standard InChI is InChI=1S/C22H22FN3O6S/c1-14-11-26(12-15(2)31-14)33(28,29)19-5-3-4-17(10-19)22(27)30-13-20-24-21(25-32-20)16-6-8-18(23)9-7-16/h3-10,14-15H,11-13H2,1-2H3/t14-,15-/m1/s1. The Morgan fingerprint density at radius 3 is 2.55 bits per heavy atom. The van der Waals surface area contributed by atoms with E-state index in [4.69, 9.17) is 14.0 Å². The van der Waals surface area contributed by atoms with Crippen molar-refractivity contribution in [1.82, 2.24) is 14.4 Å². The van der Waals surface area contributed by atoms with Gasteiger partial charge in [0.2, 0.25) is 15.8 Å². The number of hydrogen-bond acceptors (Lipinski definition) is 8. The van der Waals surface area contributed by atoms with Gasteiger partial charge >= 0.3 is 5.97 Å². The molecule has 0 aliphatic carbocycles. The van der Waals surface area contributed by atoms with Crippen molar-refractivity contribution in [3.8, 4) is 11.4 Å². The molecule has 11 heteroatoms. The van der Waals surface area contributed by atoms with Gasteiger partial charge in [-0.05, 0) is 56.3 Å². The molecule has 1 saturated heterocycles. The topological polar surface area (TPSA) is 112 Å². The summed E-state index contributed by atoms with van der Waals surface area (Å²) in [6.07, 6.45) is -0.461. The number of carbonyl (C=O) groups excluding carboxylic acids is 1. The average Bonchev–Trinajstić information content (AvgIpc) is 3.26. The van der Waals surface area contributed by atoms with Crippen LogP contribution in [-0.2, 0) is 26.1 Å². The van der Waals surface area contributed by atoms with Crippen LogP contribution in [0.25, 0.3) is 11.4 Å². The first-order valence-corrected chi connectivity index (χ1v) is 11.7. The number of ether oxygens (including phenoxy) is 2. The molecule has 0 radical (unpaired) electrons. The van der Waals surface area contributed by atoms with E-state index in [0.29, 0.717) is 5.56 Å². The smallest absolute Gasteiger partial charge is 0.338 e. The van der Waals surface area contributed by atoms with E-state index < -0.39 is 21.8 Å². The number of aromatic nitrogens is 2. The Balaban J connectivity index is 1.43. The predicted octanol–water partition coefficient (Wildman–Crippen LogP) is 3.03. The van der Waals surface area contributed by atoms with E-state index in [1.165, 1.54) is 52.8 Å². The number of halogens is 1. The zero-order valence-corrected chi connectivity index (χ0v) is 18.8. The van der Waals surface area contributed by atoms with Gasteiger partial charge in [0.25, 0.3) is 5.89 Å². The molecule has 1 aliphatic heterocycles. The van der Waals surface area contributed by atoms with Crippen molar-refractivity contribution in [2.24, 2.45) is 0 Å². The Bertz CT molecular complexity index is 1240. The summed E-state index contributed by atoms with van der Waals surface area (Å²) in [5.41, 5.74) is 0.617. The lowest BCUT2D eigenvalue weighted by atomic mass is 10.2. The summed E-state index contributed by atoms with van der Waals surface area (Å²) in [5.74, 6) is -0.860. The number of nitrogens with zero attached hydrogens (tertiary/aromatic N) is 3. The van der Waals surface area contributed by atoms with Crippen LogP contribution in [0.4, 0.5) is 4.39 Å². The molecule has 2 aromatic carbocycles. The molecule has 1 aromatic heterocycles. The Labute approximate surface area is 190 Å². The van der Waals surface area contributed by atoms with E-state index in [2.05, 4.69) is 10.1 Å². The second kappa shape index (κ2) is 9.38. The Hall–Kier alpha value is -3.15. The van der Waals surface area contributed by atoms with Crippen LogP contribution in [0, 0.1) is 5.82 Å². The van der Waals surface area contributed by atoms with Gasteiger partial charge in [0, 0.05) is 18.7 Å². The molecule has 2 atom stereocenters. The molecule has 33 heavy (non-hydrogen) atoms. The van der Waals surface area contributed by atoms with Crippen molar-refractivity contribution in [1.29, 1.82) is 0 Å². The predicted molar refractivity (Wildman–Crippen MR) is 114 cm³/mol. The maximum Gasteiger partial charge on any atom is 0.338 e. The summed E-state index contributed by atoms with van der Waals surface area (Å²) in [5, 5.41) is 3.78. The number of hydrogen-bond donors (Lipinski definition) is 0. The van der Waals surface area contributed by atoms with Gasteiger partial charge in [-0.3, -0.25) is 0 Å². The number of morpholine rings is 1. The molecule has 0 bridgehead atoms. The number of carbonyl (C=O) groups is 1. The zero-order valence-electron chi connectivity index (χ0n) is 18.0. The minimum atomic E-state index is -3.80. The van der Waals surface area contributed by atoms with Gasteiger partial charge in [-0.2, -0.15) is 9.29 Å². The minimum Gasteiger partial charge on any atom is -0.452 e. The van der Waals surface area contributed by atoms with Gasteiger partial charge in [-0.25, -0.2) is 17.6 Å². The monoisotopic (exact) mass is 475 g/mol. The highest BCUT2D eigenvalue weighted by Gasteiger charge is 2.32. The Morgan fingerprint density at radius 2 is 1.85 bits per heavy atom. The summed E-state index contributed by atoms with van der Waals surface area (Å²) in [7, 11) is -3.80. The highest BCUT2D eigenvalue weighted by Crippen LogP contribution is 2.22. The van der Waals surface area contributed by atoms with Crippen molar-refractivity contribution < 1.29 is 31.6 Å². The van der Waals surface area contributed by atoms with Crippen LogP contribution >= 0.6 is 0 Å². The lowest BCUT2D eigenvalue weighted by molar-refractivity contribution is -0.0440. The van der Waals surface area contributed by atoms with Gasteiger partial charge in [0.05, 0.1) is 22.7 Å². The summed E-state index contributed by atoms with van der Waals surface area (Å²) in [6.45, 7) is 3.78. The molecule has 2 heterocycles. The van der Waals surface area contributed by atoms with E-state index in [9.17, 15) is 17.6 Å². The van der Waals surface area contributed by atoms with Crippen molar-refractivity contribution in [3.05, 3.63) is 65.8 Å². The van der Waals surface area contributed by atoms with Gasteiger partial charge in [0.1, 0.15) is 5.82 Å². The molecule has 0 saturated carbocycles. The third kappa shape index (κ3) is 5.27. The maximum absolute atomic E-state index is 13.1. The molecule has 174 valence electrons. The molecule has 0 spiro atoms. The van der Waals surface area contributed by atoms with Crippen molar-refractivity contribution in [3.63, 3.8) is 0 Å². The summed E-state index contributed by atoms with van der Waals surface area (Å²) >= 11 is 0. The largest absolute Gasteiger partial charge is 0.452 e. The first kappa shape index (κ1) is 23.0. The molecule has 4 rings (SSSR count). The van der Waals surface area contributed by atoms with Crippen LogP contribution in [0.3, 0.4) is 0 Å². The number of sulfonamides is 1. The van der Waals surface area contributed by atoms with Gasteiger partial charge in [0.15, 0.2) is 6.61 Å². The van der Waals surface area contributed by atoms with Crippen molar-refractivity contribution in [2.45, 2.75) is 37.6 Å². The number of benzene rings is 2. The molecular weight excluding hydrogens is 453 g/mol. The Kier molecular flexibility index (Phi) is 6.54. The highest BCUT2D eigenvalue weighted by atomic mass is 32.2. The fourth-order valence-corrected chi connectivity index (χ4v) is 5.14. The first-order valence-electron chi connectivity index (χ1n) is 10.2. The SMILES string of the molecule is C[C@@H]1CN(S(=O)(=O)c2cccc(C(=O)OCc3nc(-c4ccc(F)cc4)no3)c2)C[C@@H](C)O1. The van der Waals surface area contributed by atoms with Gasteiger partial charge < -0.3 is 14.0 Å². The van der Waals surface area contributed by atoms with E-state index in [1.54, 1.807) is 0 Å². The maximum atomic E-state index is 13.1. The quantitative estimate of drug-likeness (QED) is 0.500. The summed E-state index contributed by atoms with van der Waals surface area (Å²) in [6, 6.07) is 11.2. The fourth-order valence-electron chi connectivity index (χ4n) is 3.50. The molecule has 0 N–H and O–H groups in total. The molecular formula is C22H22FN3O6S. The molecule has 1 fully saturated rings. The first-order chi connectivity index (χ1) is 15.7. The van der Waals surface area contributed by atoms with E-state index in [1.807, 2.05) is 13.8 Å². The molecule has 0 unspecified atom stereocenters. The molecule has 1 aliphatic rings. The molecule has 9 nitrogen and oxygen atoms in total. The van der Waals surface area contributed by atoms with Crippen LogP contribution in [0.2, 0.25) is 0 Å². The lowest BCUT2D eigenvalue weighted by Crippen LogP contribution is -2.48. The third-order valence-electron chi connectivity index (χ3n) is 4.99. The molecule has 3 aromatic rings. The number of esters is 1. The van der Waals surface area contributed by atoms with E-state index in [0.717, 1.165) is 0 Å². The highest BCUT2D eigenvalue weighted by molar-refractivity contribution is 7.89. The second-order valence-electron chi connectivity index (χ2n) is 7.70. The summed E-state index contributed by atoms with van der Waals surface area (Å²) < 4.78 is 56.4. The van der Waals surface area contributed by atoms with Gasteiger partial charge in [-0.1, -0.05) is 11.2 Å². The second-order valence-corrected chi connectivity index (χ2v) is 9.64. The number of rotatable bonds is 6. The van der Waals surface area contributed by atoms with Crippen molar-refractivity contribution >= 4 is 16.0 Å². The third-order valence-corrected chi connectivity index (χ3v) is 6.82. The van der Waals surface area contributed by atoms with Crippen molar-refractivity contribution in [2.75, 3.05) is 13.1 Å². The van der Waals surface area contributed by atoms with Crippen LogP contribution in [0.1, 0.15) is 30.1 Å². The van der Waals surface area contributed by atoms with Gasteiger partial charge in [-0.15, -0.1) is 0 Å². The molecule has 0 amide bonds. The van der Waals surface area contributed by atoms with Crippen LogP contribution in [0.5, 0.6) is 0 Å².